The molecule has 2 rings (SSSR count). The third kappa shape index (κ3) is 3.37. The van der Waals surface area contributed by atoms with Crippen LogP contribution in [0.1, 0.15) is 60.8 Å². The minimum Gasteiger partial charge on any atom is -0.458 e. The van der Waals surface area contributed by atoms with Crippen LogP contribution in [-0.4, -0.2) is 47.6 Å². The Kier molecular flexibility index (Phi) is 4.42. The molecule has 2 fully saturated rings. The van der Waals surface area contributed by atoms with Crippen LogP contribution in [0, 0.1) is 0 Å². The van der Waals surface area contributed by atoms with E-state index in [4.69, 9.17) is 13.7 Å². The molecule has 0 aromatic carbocycles. The molecule has 2 atom stereocenters. The minimum atomic E-state index is -4.42. The smallest absolute Gasteiger partial charge is 0.427 e. The first-order valence-corrected chi connectivity index (χ1v) is 9.26. The Labute approximate surface area is 142 Å². The molecular formula is C15H25NO7S. The molecular weight excluding hydrogens is 338 g/mol. The van der Waals surface area contributed by atoms with Gasteiger partial charge in [-0.25, -0.2) is 13.8 Å². The zero-order chi connectivity index (χ0) is 18.6. The van der Waals surface area contributed by atoms with Crippen molar-refractivity contribution in [3.8, 4) is 0 Å². The highest BCUT2D eigenvalue weighted by molar-refractivity contribution is 7.85. The van der Waals surface area contributed by atoms with E-state index in [0.717, 1.165) is 0 Å². The van der Waals surface area contributed by atoms with Gasteiger partial charge in [0.2, 0.25) is 0 Å². The number of esters is 1. The van der Waals surface area contributed by atoms with Crippen molar-refractivity contribution in [1.29, 1.82) is 0 Å². The summed E-state index contributed by atoms with van der Waals surface area (Å²) in [5.74, 6) is -0.788. The van der Waals surface area contributed by atoms with Gasteiger partial charge in [0.25, 0.3) is 0 Å². The molecule has 1 aliphatic carbocycles. The van der Waals surface area contributed by atoms with Crippen LogP contribution in [0.5, 0.6) is 0 Å². The second-order valence-electron chi connectivity index (χ2n) is 8.11. The summed E-state index contributed by atoms with van der Waals surface area (Å²) in [6.45, 7) is 9.86. The van der Waals surface area contributed by atoms with Crippen molar-refractivity contribution < 1.29 is 31.7 Å². The van der Waals surface area contributed by atoms with Crippen molar-refractivity contribution in [2.75, 3.05) is 0 Å². The minimum absolute atomic E-state index is 0.144. The van der Waals surface area contributed by atoms with E-state index in [0.29, 0.717) is 17.1 Å². The van der Waals surface area contributed by atoms with Crippen molar-refractivity contribution in [2.45, 2.75) is 83.6 Å². The number of ether oxygens (including phenoxy) is 2. The molecule has 9 heteroatoms. The molecule has 0 bridgehead atoms. The van der Waals surface area contributed by atoms with Crippen molar-refractivity contribution >= 4 is 22.4 Å². The van der Waals surface area contributed by atoms with E-state index in [1.165, 1.54) is 0 Å². The van der Waals surface area contributed by atoms with Crippen molar-refractivity contribution in [3.05, 3.63) is 0 Å². The van der Waals surface area contributed by atoms with Crippen LogP contribution in [0.4, 0.5) is 4.79 Å². The highest BCUT2D eigenvalue weighted by atomic mass is 32.2. The Hall–Kier alpha value is -1.35. The zero-order valence-corrected chi connectivity index (χ0v) is 15.7. The summed E-state index contributed by atoms with van der Waals surface area (Å²) in [5.41, 5.74) is -3.45. The molecule has 0 radical (unpaired) electrons. The lowest BCUT2D eigenvalue weighted by atomic mass is 9.95. The average Bonchev–Trinajstić information content (AvgIpc) is 2.76. The standard InChI is InChI=1S/C15H25NO7S/c1-13(2,3)21-11(17)15-9-7-8-10(15)23-24(19,20)16(15)12(18)22-14(4,5)6/h10H,7-9H2,1-6H3/t10-,15+/m1/s1. The molecule has 0 N–H and O–H groups in total. The number of carbonyl (C=O) groups is 2. The molecule has 138 valence electrons. The molecule has 0 aromatic heterocycles. The quantitative estimate of drug-likeness (QED) is 0.658. The maximum Gasteiger partial charge on any atom is 0.427 e. The lowest BCUT2D eigenvalue weighted by Crippen LogP contribution is -2.59. The fraction of sp³-hybridized carbons (Fsp3) is 0.867. The van der Waals surface area contributed by atoms with Crippen molar-refractivity contribution in [2.24, 2.45) is 0 Å². The van der Waals surface area contributed by atoms with Gasteiger partial charge >= 0.3 is 22.4 Å². The fourth-order valence-corrected chi connectivity index (χ4v) is 4.48. The van der Waals surface area contributed by atoms with Crippen LogP contribution in [0.3, 0.4) is 0 Å². The molecule has 0 spiro atoms. The summed E-state index contributed by atoms with van der Waals surface area (Å²) in [5, 5.41) is 0. The topological polar surface area (TPSA) is 99.2 Å². The average molecular weight is 363 g/mol. The molecule has 1 aliphatic heterocycles. The first-order valence-electron chi connectivity index (χ1n) is 7.89. The van der Waals surface area contributed by atoms with Gasteiger partial charge in [-0.2, -0.15) is 12.7 Å². The number of fused-ring (bicyclic) bond motifs is 1. The number of hydrogen-bond donors (Lipinski definition) is 0. The Bertz CT molecular complexity index is 644. The number of nitrogens with zero attached hydrogens (tertiary/aromatic N) is 1. The molecule has 2 aliphatic rings. The van der Waals surface area contributed by atoms with Crippen LogP contribution in [0.15, 0.2) is 0 Å². The SMILES string of the molecule is CC(C)(C)OC(=O)N1[C@@]2(C(=O)OC(C)(C)C)CCC[C@H]2OS1(=O)=O. The molecule has 0 aromatic rings. The third-order valence-corrected chi connectivity index (χ3v) is 5.09. The normalized spacial score (nSPS) is 29.2. The molecule has 1 amide bonds. The van der Waals surface area contributed by atoms with Gasteiger partial charge in [-0.15, -0.1) is 0 Å². The van der Waals surface area contributed by atoms with E-state index in [1.807, 2.05) is 0 Å². The largest absolute Gasteiger partial charge is 0.458 e. The number of carbonyl (C=O) groups excluding carboxylic acids is 2. The van der Waals surface area contributed by atoms with Gasteiger partial charge in [-0.3, -0.25) is 0 Å². The number of amides is 1. The van der Waals surface area contributed by atoms with Crippen molar-refractivity contribution in [1.82, 2.24) is 4.31 Å². The predicted molar refractivity (Wildman–Crippen MR) is 84.3 cm³/mol. The Morgan fingerprint density at radius 1 is 1.08 bits per heavy atom. The van der Waals surface area contributed by atoms with E-state index < -0.39 is 45.2 Å². The first kappa shape index (κ1) is 19.0. The molecule has 1 saturated heterocycles. The maximum absolute atomic E-state index is 12.8. The Balaban J connectivity index is 2.47. The van der Waals surface area contributed by atoms with Gasteiger partial charge in [0.05, 0.1) is 0 Å². The van der Waals surface area contributed by atoms with E-state index in [9.17, 15) is 18.0 Å². The predicted octanol–water partition coefficient (Wildman–Crippen LogP) is 2.13. The zero-order valence-electron chi connectivity index (χ0n) is 14.9. The van der Waals surface area contributed by atoms with E-state index in [1.54, 1.807) is 41.5 Å². The third-order valence-electron chi connectivity index (χ3n) is 3.69. The van der Waals surface area contributed by atoms with Gasteiger partial charge < -0.3 is 9.47 Å². The second kappa shape index (κ2) is 5.59. The Morgan fingerprint density at radius 2 is 1.62 bits per heavy atom. The second-order valence-corrected chi connectivity index (χ2v) is 9.52. The summed E-state index contributed by atoms with van der Waals surface area (Å²) in [6.07, 6.45) is -1.05. The summed E-state index contributed by atoms with van der Waals surface area (Å²) in [6, 6.07) is 0. The van der Waals surface area contributed by atoms with E-state index in [2.05, 4.69) is 0 Å². The van der Waals surface area contributed by atoms with Crippen molar-refractivity contribution in [3.63, 3.8) is 0 Å². The summed E-state index contributed by atoms with van der Waals surface area (Å²) in [7, 11) is -4.42. The van der Waals surface area contributed by atoms with E-state index >= 15 is 0 Å². The molecule has 8 nitrogen and oxygen atoms in total. The number of hydrogen-bond acceptors (Lipinski definition) is 7. The van der Waals surface area contributed by atoms with Crippen LogP contribution in [0.25, 0.3) is 0 Å². The lowest BCUT2D eigenvalue weighted by Gasteiger charge is -2.35. The van der Waals surface area contributed by atoms with Crippen LogP contribution in [0.2, 0.25) is 0 Å². The number of rotatable bonds is 1. The van der Waals surface area contributed by atoms with Gasteiger partial charge in [0, 0.05) is 0 Å². The van der Waals surface area contributed by atoms with Gasteiger partial charge in [0.15, 0.2) is 5.54 Å². The molecule has 1 heterocycles. The van der Waals surface area contributed by atoms with Crippen LogP contribution < -0.4 is 0 Å². The van der Waals surface area contributed by atoms with Crippen LogP contribution in [-0.2, 0) is 28.8 Å². The lowest BCUT2D eigenvalue weighted by molar-refractivity contribution is -0.168. The van der Waals surface area contributed by atoms with Gasteiger partial charge in [-0.05, 0) is 60.8 Å². The monoisotopic (exact) mass is 363 g/mol. The van der Waals surface area contributed by atoms with Gasteiger partial charge in [-0.1, -0.05) is 0 Å². The Morgan fingerprint density at radius 3 is 2.12 bits per heavy atom. The first-order chi connectivity index (χ1) is 10.7. The summed E-state index contributed by atoms with van der Waals surface area (Å²) >= 11 is 0. The molecule has 24 heavy (non-hydrogen) atoms. The fourth-order valence-electron chi connectivity index (χ4n) is 2.95. The summed E-state index contributed by atoms with van der Waals surface area (Å²) in [4.78, 5) is 25.3. The highest BCUT2D eigenvalue weighted by Gasteiger charge is 2.69. The van der Waals surface area contributed by atoms with Crippen LogP contribution >= 0.6 is 0 Å². The highest BCUT2D eigenvalue weighted by Crippen LogP contribution is 2.47. The summed E-state index contributed by atoms with van der Waals surface area (Å²) < 4.78 is 40.8. The van der Waals surface area contributed by atoms with Gasteiger partial charge in [0.1, 0.15) is 17.3 Å². The maximum atomic E-state index is 12.8. The molecule has 0 unspecified atom stereocenters. The van der Waals surface area contributed by atoms with E-state index in [-0.39, 0.29) is 6.42 Å². The molecule has 1 saturated carbocycles.